The third-order valence-electron chi connectivity index (χ3n) is 1.92. The molecule has 0 spiro atoms. The first-order valence-electron chi connectivity index (χ1n) is 5.38. The number of aliphatic imine (C=N–C) groups is 1. The van der Waals surface area contributed by atoms with Crippen LogP contribution >= 0.6 is 15.9 Å². The number of hydrogen-bond acceptors (Lipinski definition) is 5. The molecule has 0 atom stereocenters. The van der Waals surface area contributed by atoms with Crippen LogP contribution in [0.25, 0.3) is 0 Å². The van der Waals surface area contributed by atoms with Crippen LogP contribution in [-0.2, 0) is 4.79 Å². The van der Waals surface area contributed by atoms with Crippen LogP contribution in [0, 0.1) is 11.3 Å². The zero-order valence-electron chi connectivity index (χ0n) is 10.8. The number of halogens is 1. The normalized spacial score (nSPS) is 13.2. The van der Waals surface area contributed by atoms with Gasteiger partial charge in [0.05, 0.1) is 0 Å². The molecule has 0 aromatic rings. The molecule has 6 heteroatoms. The maximum Gasteiger partial charge on any atom is 0.179 e. The van der Waals surface area contributed by atoms with Gasteiger partial charge in [-0.2, -0.15) is 5.26 Å². The van der Waals surface area contributed by atoms with Gasteiger partial charge in [0.2, 0.25) is 0 Å². The minimum atomic E-state index is -0.286. The largest absolute Gasteiger partial charge is 0.404 e. The molecule has 0 aliphatic carbocycles. The van der Waals surface area contributed by atoms with Crippen molar-refractivity contribution >= 4 is 26.3 Å². The van der Waals surface area contributed by atoms with Gasteiger partial charge in [-0.05, 0) is 22.9 Å². The van der Waals surface area contributed by atoms with E-state index in [4.69, 9.17) is 11.0 Å². The number of nitriles is 1. The van der Waals surface area contributed by atoms with E-state index in [1.165, 1.54) is 12.4 Å². The lowest BCUT2D eigenvalue weighted by atomic mass is 10.1. The first-order valence-corrected chi connectivity index (χ1v) is 6.18. The smallest absolute Gasteiger partial charge is 0.179 e. The molecular formula is C12H17BrN4O. The molecule has 0 aliphatic heterocycles. The number of Topliss-reactive ketones (excluding diaryl/α,β-unsaturated/α-hetero) is 1. The van der Waals surface area contributed by atoms with Crippen LogP contribution < -0.4 is 5.73 Å². The molecule has 5 nitrogen and oxygen atoms in total. The second-order valence-electron chi connectivity index (χ2n) is 3.68. The summed E-state index contributed by atoms with van der Waals surface area (Å²) in [6.07, 6.45) is 2.86. The van der Waals surface area contributed by atoms with Crippen molar-refractivity contribution in [2.24, 2.45) is 10.7 Å². The zero-order valence-corrected chi connectivity index (χ0v) is 12.4. The Kier molecular flexibility index (Phi) is 7.72. The van der Waals surface area contributed by atoms with Crippen molar-refractivity contribution in [1.29, 1.82) is 5.26 Å². The highest BCUT2D eigenvalue weighted by atomic mass is 79.9. The Morgan fingerprint density at radius 3 is 2.56 bits per heavy atom. The van der Waals surface area contributed by atoms with Crippen LogP contribution in [0.1, 0.15) is 13.3 Å². The molecule has 0 fully saturated rings. The summed E-state index contributed by atoms with van der Waals surface area (Å²) in [7, 11) is 3.50. The summed E-state index contributed by atoms with van der Waals surface area (Å²) in [4.78, 5) is 17.7. The van der Waals surface area contributed by atoms with Crippen LogP contribution in [0.4, 0.5) is 0 Å². The van der Waals surface area contributed by atoms with Crippen molar-refractivity contribution in [2.75, 3.05) is 20.6 Å². The Morgan fingerprint density at radius 1 is 1.56 bits per heavy atom. The zero-order chi connectivity index (χ0) is 14.1. The molecule has 98 valence electrons. The molecule has 2 N–H and O–H groups in total. The van der Waals surface area contributed by atoms with Crippen molar-refractivity contribution < 1.29 is 4.79 Å². The quantitative estimate of drug-likeness (QED) is 0.458. The monoisotopic (exact) mass is 312 g/mol. The topological polar surface area (TPSA) is 82.5 Å². The summed E-state index contributed by atoms with van der Waals surface area (Å²) in [5.74, 6) is -0.286. The number of carbonyl (C=O) groups excluding carboxylic acids is 1. The molecule has 0 heterocycles. The summed E-state index contributed by atoms with van der Waals surface area (Å²) < 4.78 is 0.544. The SMILES string of the molecule is CCN=C(Br)C(=CN)CC(=O)/C(C#N)=C/N(C)C. The number of rotatable bonds is 6. The summed E-state index contributed by atoms with van der Waals surface area (Å²) in [5, 5.41) is 8.91. The number of ketones is 1. The van der Waals surface area contributed by atoms with Gasteiger partial charge < -0.3 is 10.6 Å². The molecule has 0 saturated heterocycles. The van der Waals surface area contributed by atoms with E-state index in [9.17, 15) is 4.79 Å². The summed E-state index contributed by atoms with van der Waals surface area (Å²) in [5.41, 5.74) is 6.12. The number of nitrogens with two attached hydrogens (primary N) is 1. The molecule has 0 aromatic carbocycles. The fourth-order valence-corrected chi connectivity index (χ4v) is 1.65. The number of nitrogens with zero attached hydrogens (tertiary/aromatic N) is 3. The van der Waals surface area contributed by atoms with Gasteiger partial charge in [-0.15, -0.1) is 0 Å². The van der Waals surface area contributed by atoms with E-state index in [2.05, 4.69) is 20.9 Å². The van der Waals surface area contributed by atoms with E-state index < -0.39 is 0 Å². The van der Waals surface area contributed by atoms with Crippen LogP contribution in [0.2, 0.25) is 0 Å². The third kappa shape index (κ3) is 5.64. The van der Waals surface area contributed by atoms with E-state index in [1.54, 1.807) is 19.0 Å². The van der Waals surface area contributed by atoms with Gasteiger partial charge in [-0.3, -0.25) is 9.79 Å². The third-order valence-corrected chi connectivity index (χ3v) is 2.68. The minimum Gasteiger partial charge on any atom is -0.404 e. The molecule has 0 unspecified atom stereocenters. The predicted molar refractivity (Wildman–Crippen MR) is 76.2 cm³/mol. The van der Waals surface area contributed by atoms with E-state index >= 15 is 0 Å². The van der Waals surface area contributed by atoms with Crippen LogP contribution in [0.15, 0.2) is 28.5 Å². The van der Waals surface area contributed by atoms with Crippen LogP contribution in [-0.4, -0.2) is 35.9 Å². The Morgan fingerprint density at radius 2 is 2.17 bits per heavy atom. The molecular weight excluding hydrogens is 296 g/mol. The number of carbonyl (C=O) groups is 1. The van der Waals surface area contributed by atoms with Crippen molar-refractivity contribution in [1.82, 2.24) is 4.90 Å². The number of hydrogen-bond donors (Lipinski definition) is 1. The van der Waals surface area contributed by atoms with Gasteiger partial charge in [0, 0.05) is 45.0 Å². The lowest BCUT2D eigenvalue weighted by molar-refractivity contribution is -0.114. The highest BCUT2D eigenvalue weighted by Crippen LogP contribution is 2.13. The second kappa shape index (κ2) is 8.48. The Hall–Kier alpha value is -1.61. The summed E-state index contributed by atoms with van der Waals surface area (Å²) in [6.45, 7) is 2.47. The van der Waals surface area contributed by atoms with Crippen molar-refractivity contribution in [3.63, 3.8) is 0 Å². The van der Waals surface area contributed by atoms with Gasteiger partial charge in [-0.1, -0.05) is 0 Å². The molecule has 0 amide bonds. The molecule has 18 heavy (non-hydrogen) atoms. The van der Waals surface area contributed by atoms with E-state index in [0.29, 0.717) is 16.7 Å². The lowest BCUT2D eigenvalue weighted by Crippen LogP contribution is -2.11. The number of allylic oxidation sites excluding steroid dienone is 2. The van der Waals surface area contributed by atoms with Gasteiger partial charge in [0.15, 0.2) is 5.78 Å². The van der Waals surface area contributed by atoms with Crippen molar-refractivity contribution in [2.45, 2.75) is 13.3 Å². The molecule has 0 rings (SSSR count). The average Bonchev–Trinajstić information content (AvgIpc) is 2.32. The fraction of sp³-hybridized carbons (Fsp3) is 0.417. The molecule has 0 aliphatic rings. The molecule has 0 saturated carbocycles. The van der Waals surface area contributed by atoms with Gasteiger partial charge >= 0.3 is 0 Å². The highest BCUT2D eigenvalue weighted by Gasteiger charge is 2.14. The molecule has 0 bridgehead atoms. The van der Waals surface area contributed by atoms with E-state index in [-0.39, 0.29) is 17.8 Å². The maximum absolute atomic E-state index is 11.9. The van der Waals surface area contributed by atoms with E-state index in [0.717, 1.165) is 0 Å². The Labute approximate surface area is 116 Å². The van der Waals surface area contributed by atoms with E-state index in [1.807, 2.05) is 13.0 Å². The van der Waals surface area contributed by atoms with Gasteiger partial charge in [0.1, 0.15) is 16.3 Å². The van der Waals surface area contributed by atoms with Crippen molar-refractivity contribution in [3.8, 4) is 6.07 Å². The summed E-state index contributed by atoms with van der Waals surface area (Å²) >= 11 is 3.25. The highest BCUT2D eigenvalue weighted by molar-refractivity contribution is 9.18. The average molecular weight is 313 g/mol. The molecule has 0 radical (unpaired) electrons. The first kappa shape index (κ1) is 16.4. The van der Waals surface area contributed by atoms with Gasteiger partial charge in [-0.25, -0.2) is 0 Å². The molecule has 0 aromatic heterocycles. The Bertz CT molecular complexity index is 430. The van der Waals surface area contributed by atoms with Crippen LogP contribution in [0.3, 0.4) is 0 Å². The second-order valence-corrected chi connectivity index (χ2v) is 4.43. The lowest BCUT2D eigenvalue weighted by Gasteiger charge is -2.07. The predicted octanol–water partition coefficient (Wildman–Crippen LogP) is 1.57. The Balaban J connectivity index is 4.95. The maximum atomic E-state index is 11.9. The minimum absolute atomic E-state index is 0.0494. The van der Waals surface area contributed by atoms with Gasteiger partial charge in [0.25, 0.3) is 0 Å². The summed E-state index contributed by atoms with van der Waals surface area (Å²) in [6, 6.07) is 1.88. The van der Waals surface area contributed by atoms with Crippen molar-refractivity contribution in [3.05, 3.63) is 23.5 Å². The fourth-order valence-electron chi connectivity index (χ4n) is 1.13. The van der Waals surface area contributed by atoms with Crippen LogP contribution in [0.5, 0.6) is 0 Å². The first-order chi connectivity index (χ1) is 8.46. The standard InChI is InChI=1S/C12H17BrN4O/c1-4-16-12(13)9(6-14)5-11(18)10(7-15)8-17(2)3/h6,8H,4-5,14H2,1-3H3/b9-6?,10-8+,16-12?.